The van der Waals surface area contributed by atoms with Crippen molar-refractivity contribution in [2.45, 2.75) is 51.5 Å². The van der Waals surface area contributed by atoms with Crippen LogP contribution in [0.15, 0.2) is 12.3 Å². The van der Waals surface area contributed by atoms with E-state index >= 15 is 0 Å². The van der Waals surface area contributed by atoms with E-state index in [0.717, 1.165) is 28.5 Å². The highest BCUT2D eigenvalue weighted by molar-refractivity contribution is 7.19. The Kier molecular flexibility index (Phi) is 6.33. The fraction of sp³-hybridized carbons (Fsp3) is 0.571. The minimum absolute atomic E-state index is 0.175. The van der Waals surface area contributed by atoms with Crippen molar-refractivity contribution in [3.63, 3.8) is 0 Å². The fourth-order valence-electron chi connectivity index (χ4n) is 3.89. The topological polar surface area (TPSA) is 117 Å². The zero-order chi connectivity index (χ0) is 23.0. The summed E-state index contributed by atoms with van der Waals surface area (Å²) in [6.45, 7) is 8.93. The third-order valence-electron chi connectivity index (χ3n) is 5.34. The van der Waals surface area contributed by atoms with Gasteiger partial charge in [-0.2, -0.15) is 0 Å². The molecule has 0 aromatic carbocycles. The van der Waals surface area contributed by atoms with Gasteiger partial charge >= 0.3 is 6.03 Å². The minimum Gasteiger partial charge on any atom is -0.368 e. The van der Waals surface area contributed by atoms with Crippen LogP contribution in [0.1, 0.15) is 45.1 Å². The fourth-order valence-corrected chi connectivity index (χ4v) is 4.82. The first kappa shape index (κ1) is 23.1. The summed E-state index contributed by atoms with van der Waals surface area (Å²) in [7, 11) is 3.73. The number of likely N-dealkylation sites (tertiary alicyclic amines) is 1. The van der Waals surface area contributed by atoms with Gasteiger partial charge in [0.25, 0.3) is 0 Å². The first-order valence-electron chi connectivity index (χ1n) is 10.3. The lowest BCUT2D eigenvalue weighted by Crippen LogP contribution is -2.61. The molecule has 9 nitrogen and oxygen atoms in total. The van der Waals surface area contributed by atoms with Crippen molar-refractivity contribution in [3.05, 3.63) is 23.8 Å². The van der Waals surface area contributed by atoms with Crippen molar-refractivity contribution < 1.29 is 9.59 Å². The number of nitrogens with zero attached hydrogens (tertiary/aromatic N) is 5. The lowest BCUT2D eigenvalue weighted by Gasteiger charge is -2.37. The van der Waals surface area contributed by atoms with Crippen molar-refractivity contribution in [2.24, 2.45) is 5.73 Å². The Morgan fingerprint density at radius 3 is 2.65 bits per heavy atom. The van der Waals surface area contributed by atoms with E-state index in [2.05, 4.69) is 36.1 Å². The van der Waals surface area contributed by atoms with Crippen molar-refractivity contribution in [3.8, 4) is 10.6 Å². The van der Waals surface area contributed by atoms with Gasteiger partial charge in [-0.15, -0.1) is 0 Å². The maximum atomic E-state index is 13.1. The lowest BCUT2D eigenvalue weighted by molar-refractivity contribution is -0.127. The maximum Gasteiger partial charge on any atom is 0.324 e. The molecule has 31 heavy (non-hydrogen) atoms. The molecule has 0 saturated carbocycles. The summed E-state index contributed by atoms with van der Waals surface area (Å²) in [5, 5.41) is 3.33. The molecule has 3 amide bonds. The van der Waals surface area contributed by atoms with Crippen LogP contribution in [0.2, 0.25) is 0 Å². The predicted molar refractivity (Wildman–Crippen MR) is 122 cm³/mol. The van der Waals surface area contributed by atoms with Crippen molar-refractivity contribution in [1.82, 2.24) is 24.8 Å². The number of carbonyl (C=O) groups is 2. The molecule has 3 rings (SSSR count). The van der Waals surface area contributed by atoms with Gasteiger partial charge in [0.05, 0.1) is 16.3 Å². The summed E-state index contributed by atoms with van der Waals surface area (Å²) >= 11 is 1.35. The van der Waals surface area contributed by atoms with Crippen molar-refractivity contribution in [2.75, 3.05) is 32.5 Å². The zero-order valence-corrected chi connectivity index (χ0v) is 19.8. The molecule has 1 fully saturated rings. The number of hydrogen-bond donors (Lipinski definition) is 2. The monoisotopic (exact) mass is 445 g/mol. The molecule has 0 aliphatic carbocycles. The van der Waals surface area contributed by atoms with Crippen LogP contribution in [-0.4, -0.2) is 69.4 Å². The first-order valence-corrected chi connectivity index (χ1v) is 11.1. The van der Waals surface area contributed by atoms with Crippen LogP contribution in [0.3, 0.4) is 0 Å². The second-order valence-corrected chi connectivity index (χ2v) is 10.3. The summed E-state index contributed by atoms with van der Waals surface area (Å²) in [4.78, 5) is 43.3. The highest BCUT2D eigenvalue weighted by atomic mass is 32.1. The second-order valence-electron chi connectivity index (χ2n) is 9.27. The number of nitrogens with two attached hydrogens (primary N) is 1. The normalized spacial score (nSPS) is 19.1. The molecule has 1 saturated heterocycles. The van der Waals surface area contributed by atoms with Crippen LogP contribution in [0.5, 0.6) is 0 Å². The molecule has 2 aromatic rings. The first-order chi connectivity index (χ1) is 14.4. The average Bonchev–Trinajstić information content (AvgIpc) is 3.25. The molecule has 0 unspecified atom stereocenters. The Morgan fingerprint density at radius 2 is 2.03 bits per heavy atom. The van der Waals surface area contributed by atoms with Gasteiger partial charge in [-0.05, 0) is 39.9 Å². The molecule has 0 radical (unpaired) electrons. The number of carbonyl (C=O) groups excluding carboxylic acids is 2. The number of primary amides is 1. The summed E-state index contributed by atoms with van der Waals surface area (Å²) in [6.07, 6.45) is 3.02. The van der Waals surface area contributed by atoms with Crippen molar-refractivity contribution >= 4 is 28.4 Å². The molecule has 10 heteroatoms. The number of rotatable bonds is 5. The van der Waals surface area contributed by atoms with Gasteiger partial charge < -0.3 is 15.5 Å². The lowest BCUT2D eigenvalue weighted by atomic mass is 9.94. The van der Waals surface area contributed by atoms with Crippen LogP contribution in [-0.2, 0) is 10.2 Å². The molecule has 0 bridgehead atoms. The summed E-state index contributed by atoms with van der Waals surface area (Å²) < 4.78 is 0. The molecule has 3 N–H and O–H groups in total. The van der Waals surface area contributed by atoms with E-state index in [-0.39, 0.29) is 11.4 Å². The SMILES string of the molecule is Cc1nc(NC(=O)N2CCC[C@]2(CN(C)C)C(N)=O)sc1-c1ccnc(C(C)(C)C)n1. The number of thiazole rings is 1. The zero-order valence-electron chi connectivity index (χ0n) is 19.0. The van der Waals surface area contributed by atoms with Crippen LogP contribution in [0.4, 0.5) is 9.93 Å². The van der Waals surface area contributed by atoms with E-state index in [1.807, 2.05) is 32.0 Å². The molecule has 1 aliphatic rings. The Labute approximate surface area is 187 Å². The molecule has 1 aliphatic heterocycles. The van der Waals surface area contributed by atoms with E-state index in [1.54, 1.807) is 11.1 Å². The highest BCUT2D eigenvalue weighted by Crippen LogP contribution is 2.34. The third kappa shape index (κ3) is 4.69. The van der Waals surface area contributed by atoms with Crippen LogP contribution < -0.4 is 11.1 Å². The van der Waals surface area contributed by atoms with Gasteiger partial charge in [0.1, 0.15) is 11.4 Å². The van der Waals surface area contributed by atoms with Gasteiger partial charge in [0.2, 0.25) is 5.91 Å². The largest absolute Gasteiger partial charge is 0.368 e. The molecule has 0 spiro atoms. The predicted octanol–water partition coefficient (Wildman–Crippen LogP) is 2.62. The molecular formula is C21H31N7O2S. The number of hydrogen-bond acceptors (Lipinski definition) is 7. The van der Waals surface area contributed by atoms with Gasteiger partial charge in [0.15, 0.2) is 5.13 Å². The van der Waals surface area contributed by atoms with E-state index in [1.165, 1.54) is 11.3 Å². The van der Waals surface area contributed by atoms with E-state index in [4.69, 9.17) is 10.7 Å². The second kappa shape index (κ2) is 8.51. The number of amides is 3. The van der Waals surface area contributed by atoms with E-state index < -0.39 is 11.4 Å². The number of aryl methyl sites for hydroxylation is 1. The van der Waals surface area contributed by atoms with Crippen LogP contribution in [0.25, 0.3) is 10.6 Å². The molecule has 3 heterocycles. The molecule has 2 aromatic heterocycles. The Bertz CT molecular complexity index is 982. The van der Waals surface area contributed by atoms with Crippen LogP contribution >= 0.6 is 11.3 Å². The van der Waals surface area contributed by atoms with Gasteiger partial charge in [-0.3, -0.25) is 10.1 Å². The van der Waals surface area contributed by atoms with Gasteiger partial charge in [-0.25, -0.2) is 19.7 Å². The van der Waals surface area contributed by atoms with Crippen molar-refractivity contribution in [1.29, 1.82) is 0 Å². The molecular weight excluding hydrogens is 414 g/mol. The minimum atomic E-state index is -1.02. The van der Waals surface area contributed by atoms with E-state index in [0.29, 0.717) is 24.6 Å². The van der Waals surface area contributed by atoms with E-state index in [9.17, 15) is 9.59 Å². The maximum absolute atomic E-state index is 13.1. The Morgan fingerprint density at radius 1 is 1.32 bits per heavy atom. The summed E-state index contributed by atoms with van der Waals surface area (Å²) in [5.41, 5.74) is 6.10. The van der Waals surface area contributed by atoms with Gasteiger partial charge in [-0.1, -0.05) is 32.1 Å². The standard InChI is InChI=1S/C21H31N7O2S/c1-13-15(14-8-10-23-17(25-14)20(2,3)4)31-18(24-13)26-19(30)28-11-7-9-21(28,16(22)29)12-27(5)6/h8,10H,7,9,11-12H2,1-6H3,(H2,22,29)(H,24,26,30)/t21-/m0/s1. The van der Waals surface area contributed by atoms with Crippen LogP contribution in [0, 0.1) is 6.92 Å². The van der Waals surface area contributed by atoms with Gasteiger partial charge in [0, 0.05) is 24.7 Å². The smallest absolute Gasteiger partial charge is 0.324 e. The number of urea groups is 1. The highest BCUT2D eigenvalue weighted by Gasteiger charge is 2.49. The number of nitrogens with one attached hydrogen (secondary N) is 1. The Hall–Kier alpha value is -2.59. The third-order valence-corrected chi connectivity index (χ3v) is 6.44. The number of anilines is 1. The molecule has 168 valence electrons. The quantitative estimate of drug-likeness (QED) is 0.731. The number of likely N-dealkylation sites (N-methyl/N-ethyl adjacent to an activating group) is 1. The Balaban J connectivity index is 1.85. The average molecular weight is 446 g/mol. The molecule has 1 atom stereocenters. The number of aromatic nitrogens is 3. The summed E-state index contributed by atoms with van der Waals surface area (Å²) in [6, 6.07) is 1.48. The summed E-state index contributed by atoms with van der Waals surface area (Å²) in [5.74, 6) is 0.260.